The maximum Gasteiger partial charge on any atom is 0.170 e. The number of Topliss-reactive ketones (excluding diaryl/α,β-unsaturated/α-hetero) is 1. The Bertz CT molecular complexity index is 413. The Balaban J connectivity index is 4.20. The molecule has 0 rings (SSSR count). The lowest BCUT2D eigenvalue weighted by Crippen LogP contribution is -2.33. The monoisotopic (exact) mass is 412 g/mol. The number of methoxy groups -OCH3 is 2. The molecule has 0 aromatic rings. The van der Waals surface area contributed by atoms with E-state index >= 15 is 0 Å². The van der Waals surface area contributed by atoms with Crippen LogP contribution in [0.5, 0.6) is 0 Å². The van der Waals surface area contributed by atoms with Gasteiger partial charge in [-0.3, -0.25) is 4.79 Å². The van der Waals surface area contributed by atoms with E-state index < -0.39 is 5.79 Å². The molecule has 4 nitrogen and oxygen atoms in total. The first-order valence-corrected chi connectivity index (χ1v) is 12.0. The number of rotatable bonds is 21. The molecule has 0 aliphatic heterocycles. The third-order valence-electron chi connectivity index (χ3n) is 5.85. The zero-order chi connectivity index (χ0) is 21.8. The van der Waals surface area contributed by atoms with Crippen LogP contribution in [-0.4, -0.2) is 37.5 Å². The summed E-state index contributed by atoms with van der Waals surface area (Å²) >= 11 is 0. The summed E-state index contributed by atoms with van der Waals surface area (Å²) in [6.45, 7) is 4.20. The second kappa shape index (κ2) is 19.3. The third kappa shape index (κ3) is 14.0. The number of hydrogen-bond acceptors (Lipinski definition) is 4. The van der Waals surface area contributed by atoms with Crippen LogP contribution in [0.1, 0.15) is 117 Å². The fourth-order valence-electron chi connectivity index (χ4n) is 3.68. The van der Waals surface area contributed by atoms with Crippen molar-refractivity contribution in [1.29, 1.82) is 0 Å². The van der Waals surface area contributed by atoms with Crippen LogP contribution >= 0.6 is 0 Å². The first-order chi connectivity index (χ1) is 14.1. The zero-order valence-corrected chi connectivity index (χ0v) is 19.8. The van der Waals surface area contributed by atoms with Crippen molar-refractivity contribution < 1.29 is 19.4 Å². The number of aliphatic hydroxyl groups is 1. The Morgan fingerprint density at radius 2 is 1.28 bits per heavy atom. The van der Waals surface area contributed by atoms with Gasteiger partial charge in [0.2, 0.25) is 0 Å². The van der Waals surface area contributed by atoms with Crippen LogP contribution in [0.25, 0.3) is 0 Å². The van der Waals surface area contributed by atoms with Gasteiger partial charge in [-0.1, -0.05) is 90.6 Å². The summed E-state index contributed by atoms with van der Waals surface area (Å²) in [6.07, 6.45) is 19.4. The lowest BCUT2D eigenvalue weighted by atomic mass is 9.99. The molecule has 0 bridgehead atoms. The number of hydrogen-bond donors (Lipinski definition) is 1. The molecule has 0 fully saturated rings. The summed E-state index contributed by atoms with van der Waals surface area (Å²) in [5.41, 5.74) is 0.495. The molecule has 0 atom stereocenters. The van der Waals surface area contributed by atoms with Gasteiger partial charge in [-0.05, 0) is 12.8 Å². The molecule has 0 unspecified atom stereocenters. The second-order valence-corrected chi connectivity index (χ2v) is 8.22. The van der Waals surface area contributed by atoms with E-state index in [0.717, 1.165) is 38.5 Å². The van der Waals surface area contributed by atoms with Gasteiger partial charge in [0.1, 0.15) is 0 Å². The highest BCUT2D eigenvalue weighted by atomic mass is 16.7. The molecule has 0 spiro atoms. The number of ether oxygens (including phenoxy) is 2. The Morgan fingerprint density at radius 1 is 0.793 bits per heavy atom. The van der Waals surface area contributed by atoms with Crippen LogP contribution in [0, 0.1) is 0 Å². The minimum atomic E-state index is -0.701. The number of carbonyl (C=O) groups excluding carboxylic acids is 1. The number of carbonyl (C=O) groups is 1. The van der Waals surface area contributed by atoms with Gasteiger partial charge in [-0.25, -0.2) is 0 Å². The van der Waals surface area contributed by atoms with Crippen molar-refractivity contribution >= 4 is 5.78 Å². The number of aliphatic hydroxyl groups excluding tert-OH is 1. The number of ketones is 1. The van der Waals surface area contributed by atoms with Crippen molar-refractivity contribution in [3.05, 3.63) is 11.6 Å². The molecule has 0 aliphatic rings. The standard InChI is InChI=1S/C25H48O4/c1-5-7-9-10-11-12-13-14-15-16-18-24(27)23(22-26)19-21-25(28-3,29-4)20-17-8-6-2/h19,26H,5-18,20-22H2,1-4H3. The smallest absolute Gasteiger partial charge is 0.170 e. The van der Waals surface area contributed by atoms with Gasteiger partial charge >= 0.3 is 0 Å². The fourth-order valence-corrected chi connectivity index (χ4v) is 3.68. The minimum absolute atomic E-state index is 0.0572. The lowest BCUT2D eigenvalue weighted by molar-refractivity contribution is -0.208. The SMILES string of the molecule is CCCCCCCCCCCCC(=O)C(=CCC(CCCCC)(OC)OC)CO. The average molecular weight is 413 g/mol. The Kier molecular flexibility index (Phi) is 18.8. The molecule has 0 aliphatic carbocycles. The highest BCUT2D eigenvalue weighted by molar-refractivity contribution is 5.95. The van der Waals surface area contributed by atoms with Gasteiger partial charge in [-0.15, -0.1) is 0 Å². The topological polar surface area (TPSA) is 55.8 Å². The Labute approximate surface area is 180 Å². The first-order valence-electron chi connectivity index (χ1n) is 12.0. The molecule has 172 valence electrons. The Morgan fingerprint density at radius 3 is 1.76 bits per heavy atom. The molecular weight excluding hydrogens is 364 g/mol. The minimum Gasteiger partial charge on any atom is -0.392 e. The molecule has 4 heteroatoms. The highest BCUT2D eigenvalue weighted by Gasteiger charge is 2.28. The van der Waals surface area contributed by atoms with E-state index in [2.05, 4.69) is 13.8 Å². The van der Waals surface area contributed by atoms with E-state index in [-0.39, 0.29) is 12.4 Å². The van der Waals surface area contributed by atoms with Crippen LogP contribution in [0.3, 0.4) is 0 Å². The van der Waals surface area contributed by atoms with Gasteiger partial charge in [0, 0.05) is 39.1 Å². The predicted octanol–water partition coefficient (Wildman–Crippen LogP) is 6.74. The second-order valence-electron chi connectivity index (χ2n) is 8.22. The van der Waals surface area contributed by atoms with E-state index in [1.807, 2.05) is 6.08 Å². The van der Waals surface area contributed by atoms with Gasteiger partial charge in [0.25, 0.3) is 0 Å². The molecule has 0 amide bonds. The largest absolute Gasteiger partial charge is 0.392 e. The van der Waals surface area contributed by atoms with Gasteiger partial charge in [-0.2, -0.15) is 0 Å². The van der Waals surface area contributed by atoms with Gasteiger partial charge in [0.05, 0.1) is 6.61 Å². The van der Waals surface area contributed by atoms with Crippen LogP contribution in [0.2, 0.25) is 0 Å². The van der Waals surface area contributed by atoms with Crippen molar-refractivity contribution in [2.24, 2.45) is 0 Å². The first kappa shape index (κ1) is 28.3. The highest BCUT2D eigenvalue weighted by Crippen LogP contribution is 2.25. The van der Waals surface area contributed by atoms with E-state index in [9.17, 15) is 9.90 Å². The average Bonchev–Trinajstić information content (AvgIpc) is 2.74. The summed E-state index contributed by atoms with van der Waals surface area (Å²) in [4.78, 5) is 12.5. The predicted molar refractivity (Wildman–Crippen MR) is 122 cm³/mol. The molecular formula is C25H48O4. The van der Waals surface area contributed by atoms with E-state index in [4.69, 9.17) is 9.47 Å². The summed E-state index contributed by atoms with van der Waals surface area (Å²) in [5.74, 6) is -0.644. The van der Waals surface area contributed by atoms with Crippen molar-refractivity contribution in [3.63, 3.8) is 0 Å². The van der Waals surface area contributed by atoms with Crippen molar-refractivity contribution in [2.75, 3.05) is 20.8 Å². The van der Waals surface area contributed by atoms with Crippen molar-refractivity contribution in [1.82, 2.24) is 0 Å². The molecule has 0 aromatic carbocycles. The summed E-state index contributed by atoms with van der Waals surface area (Å²) in [6, 6.07) is 0. The summed E-state index contributed by atoms with van der Waals surface area (Å²) in [5, 5.41) is 9.64. The van der Waals surface area contributed by atoms with E-state index in [1.165, 1.54) is 51.4 Å². The summed E-state index contributed by atoms with van der Waals surface area (Å²) in [7, 11) is 3.29. The Hall–Kier alpha value is -0.710. The van der Waals surface area contributed by atoms with Gasteiger partial charge < -0.3 is 14.6 Å². The van der Waals surface area contributed by atoms with E-state index in [1.54, 1.807) is 14.2 Å². The third-order valence-corrected chi connectivity index (χ3v) is 5.85. The normalized spacial score (nSPS) is 12.5. The van der Waals surface area contributed by atoms with Crippen LogP contribution < -0.4 is 0 Å². The molecule has 1 N–H and O–H groups in total. The molecule has 0 radical (unpaired) electrons. The van der Waals surface area contributed by atoms with Crippen LogP contribution in [-0.2, 0) is 14.3 Å². The van der Waals surface area contributed by atoms with Crippen molar-refractivity contribution in [3.8, 4) is 0 Å². The molecule has 29 heavy (non-hydrogen) atoms. The van der Waals surface area contributed by atoms with Crippen LogP contribution in [0.15, 0.2) is 11.6 Å². The van der Waals surface area contributed by atoms with Gasteiger partial charge in [0.15, 0.2) is 11.6 Å². The molecule has 0 heterocycles. The quantitative estimate of drug-likeness (QED) is 0.129. The fraction of sp³-hybridized carbons (Fsp3) is 0.880. The zero-order valence-electron chi connectivity index (χ0n) is 19.8. The molecule has 0 saturated heterocycles. The van der Waals surface area contributed by atoms with Crippen LogP contribution in [0.4, 0.5) is 0 Å². The maximum absolute atomic E-state index is 12.5. The molecule has 0 saturated carbocycles. The maximum atomic E-state index is 12.5. The van der Waals surface area contributed by atoms with E-state index in [0.29, 0.717) is 18.4 Å². The van der Waals surface area contributed by atoms with Crippen molar-refractivity contribution in [2.45, 2.75) is 122 Å². The molecule has 0 aromatic heterocycles. The number of unbranched alkanes of at least 4 members (excludes halogenated alkanes) is 11. The lowest BCUT2D eigenvalue weighted by Gasteiger charge is -2.30. The summed E-state index contributed by atoms with van der Waals surface area (Å²) < 4.78 is 11.2.